The normalized spacial score (nSPS) is 10.1. The number of thiazole rings is 1. The first kappa shape index (κ1) is 14.5. The van der Waals surface area contributed by atoms with Crippen molar-refractivity contribution in [1.29, 1.82) is 0 Å². The molecule has 1 heterocycles. The summed E-state index contributed by atoms with van der Waals surface area (Å²) in [5, 5.41) is 3.00. The van der Waals surface area contributed by atoms with Gasteiger partial charge in [-0.05, 0) is 35.0 Å². The Morgan fingerprint density at radius 2 is 2.10 bits per heavy atom. The second-order valence-corrected chi connectivity index (χ2v) is 5.56. The molecule has 0 saturated heterocycles. The second-order valence-electron chi connectivity index (χ2n) is 3.87. The molecule has 0 aliphatic carbocycles. The molecule has 20 heavy (non-hydrogen) atoms. The molecule has 0 radical (unpaired) electrons. The fourth-order valence-corrected chi connectivity index (χ4v) is 2.68. The summed E-state index contributed by atoms with van der Waals surface area (Å²) in [6.45, 7) is 1.79. The Labute approximate surface area is 127 Å². The van der Waals surface area contributed by atoms with Crippen LogP contribution in [0.4, 0.5) is 9.93 Å². The van der Waals surface area contributed by atoms with Gasteiger partial charge in [-0.25, -0.2) is 9.78 Å². The predicted octanol–water partition coefficient (Wildman–Crippen LogP) is 2.44. The van der Waals surface area contributed by atoms with Crippen molar-refractivity contribution in [2.24, 2.45) is 5.73 Å². The van der Waals surface area contributed by atoms with Crippen molar-refractivity contribution in [2.45, 2.75) is 6.92 Å². The third-order valence-corrected chi connectivity index (χ3v) is 3.99. The molecule has 0 spiro atoms. The van der Waals surface area contributed by atoms with Gasteiger partial charge in [-0.15, -0.1) is 11.3 Å². The standard InChI is InChI=1S/C12H11BrN4O2S/c1-7-6-20-12(15-7)17(11(14)19)16-10(18)8-4-2-3-5-9(8)13/h2-6H,1H3,(H2,14,19)(H,16,18). The maximum Gasteiger partial charge on any atom is 0.340 e. The Morgan fingerprint density at radius 1 is 1.40 bits per heavy atom. The number of carbonyl (C=O) groups excluding carboxylic acids is 2. The molecule has 0 fully saturated rings. The number of primary amides is 1. The zero-order valence-electron chi connectivity index (χ0n) is 10.5. The van der Waals surface area contributed by atoms with Crippen molar-refractivity contribution in [3.05, 3.63) is 45.4 Å². The minimum Gasteiger partial charge on any atom is -0.350 e. The van der Waals surface area contributed by atoms with Crippen molar-refractivity contribution < 1.29 is 9.59 Å². The van der Waals surface area contributed by atoms with Gasteiger partial charge in [-0.1, -0.05) is 12.1 Å². The van der Waals surface area contributed by atoms with E-state index >= 15 is 0 Å². The molecule has 2 aromatic rings. The van der Waals surface area contributed by atoms with Gasteiger partial charge in [-0.3, -0.25) is 10.2 Å². The Bertz CT molecular complexity index is 658. The minimum atomic E-state index is -0.806. The van der Waals surface area contributed by atoms with Gasteiger partial charge in [0.15, 0.2) is 0 Å². The van der Waals surface area contributed by atoms with E-state index in [4.69, 9.17) is 5.73 Å². The number of aromatic nitrogens is 1. The molecule has 0 unspecified atom stereocenters. The van der Waals surface area contributed by atoms with E-state index in [0.717, 1.165) is 10.7 Å². The van der Waals surface area contributed by atoms with Crippen LogP contribution < -0.4 is 16.2 Å². The molecular formula is C12H11BrN4O2S. The third kappa shape index (κ3) is 3.14. The lowest BCUT2D eigenvalue weighted by Crippen LogP contribution is -2.49. The molecule has 104 valence electrons. The van der Waals surface area contributed by atoms with Gasteiger partial charge in [0.2, 0.25) is 5.13 Å². The van der Waals surface area contributed by atoms with Crippen molar-refractivity contribution in [3.63, 3.8) is 0 Å². The fraction of sp³-hybridized carbons (Fsp3) is 0.0833. The van der Waals surface area contributed by atoms with Crippen molar-refractivity contribution >= 4 is 44.3 Å². The molecule has 6 nitrogen and oxygen atoms in total. The summed E-state index contributed by atoms with van der Waals surface area (Å²) in [4.78, 5) is 27.7. The molecule has 3 amide bonds. The lowest BCUT2D eigenvalue weighted by Gasteiger charge is -2.18. The highest BCUT2D eigenvalue weighted by Gasteiger charge is 2.20. The van der Waals surface area contributed by atoms with E-state index in [1.54, 1.807) is 36.6 Å². The quantitative estimate of drug-likeness (QED) is 0.811. The number of hydrogen-bond donors (Lipinski definition) is 2. The SMILES string of the molecule is Cc1csc(N(NC(=O)c2ccccc2Br)C(N)=O)n1. The number of aryl methyl sites for hydroxylation is 1. The Morgan fingerprint density at radius 3 is 2.65 bits per heavy atom. The number of hydrogen-bond acceptors (Lipinski definition) is 4. The molecule has 0 atom stereocenters. The molecule has 0 bridgehead atoms. The van der Waals surface area contributed by atoms with Crippen LogP contribution in [0.15, 0.2) is 34.1 Å². The Balaban J connectivity index is 2.23. The molecular weight excluding hydrogens is 344 g/mol. The summed E-state index contributed by atoms with van der Waals surface area (Å²) in [6.07, 6.45) is 0. The summed E-state index contributed by atoms with van der Waals surface area (Å²) in [7, 11) is 0. The van der Waals surface area contributed by atoms with Crippen LogP contribution in [0.1, 0.15) is 16.1 Å². The molecule has 3 N–H and O–H groups in total. The topological polar surface area (TPSA) is 88.3 Å². The number of anilines is 1. The van der Waals surface area contributed by atoms with Gasteiger partial charge in [0.25, 0.3) is 5.91 Å². The van der Waals surface area contributed by atoms with Gasteiger partial charge >= 0.3 is 6.03 Å². The first-order valence-corrected chi connectivity index (χ1v) is 7.23. The van der Waals surface area contributed by atoms with E-state index in [0.29, 0.717) is 15.2 Å². The minimum absolute atomic E-state index is 0.315. The second kappa shape index (κ2) is 6.02. The third-order valence-electron chi connectivity index (χ3n) is 2.35. The highest BCUT2D eigenvalue weighted by atomic mass is 79.9. The van der Waals surface area contributed by atoms with Crippen LogP contribution in [0.2, 0.25) is 0 Å². The zero-order valence-corrected chi connectivity index (χ0v) is 12.9. The van der Waals surface area contributed by atoms with Crippen LogP contribution in [0.25, 0.3) is 0 Å². The van der Waals surface area contributed by atoms with Gasteiger partial charge in [-0.2, -0.15) is 5.01 Å². The van der Waals surface area contributed by atoms with Crippen LogP contribution in [0.3, 0.4) is 0 Å². The number of nitrogens with one attached hydrogen (secondary N) is 1. The average Bonchev–Trinajstić information content (AvgIpc) is 2.82. The van der Waals surface area contributed by atoms with Crippen molar-refractivity contribution in [3.8, 4) is 0 Å². The smallest absolute Gasteiger partial charge is 0.340 e. The van der Waals surface area contributed by atoms with E-state index in [-0.39, 0.29) is 0 Å². The maximum absolute atomic E-state index is 12.1. The lowest BCUT2D eigenvalue weighted by atomic mass is 10.2. The number of nitrogens with two attached hydrogens (primary N) is 1. The number of benzene rings is 1. The molecule has 1 aromatic carbocycles. The van der Waals surface area contributed by atoms with Gasteiger partial charge < -0.3 is 5.73 Å². The number of nitrogens with zero attached hydrogens (tertiary/aromatic N) is 2. The number of rotatable bonds is 2. The van der Waals surface area contributed by atoms with Gasteiger partial charge in [0.1, 0.15) is 0 Å². The van der Waals surface area contributed by atoms with E-state index < -0.39 is 11.9 Å². The molecule has 0 aliphatic heterocycles. The highest BCUT2D eigenvalue weighted by Crippen LogP contribution is 2.20. The highest BCUT2D eigenvalue weighted by molar-refractivity contribution is 9.10. The van der Waals surface area contributed by atoms with Gasteiger partial charge in [0, 0.05) is 9.85 Å². The average molecular weight is 355 g/mol. The van der Waals surface area contributed by atoms with Crippen molar-refractivity contribution in [1.82, 2.24) is 10.4 Å². The van der Waals surface area contributed by atoms with Crippen LogP contribution in [-0.4, -0.2) is 16.9 Å². The maximum atomic E-state index is 12.1. The molecule has 2 rings (SSSR count). The predicted molar refractivity (Wildman–Crippen MR) is 80.5 cm³/mol. The summed E-state index contributed by atoms with van der Waals surface area (Å²) in [5.41, 5.74) is 8.85. The monoisotopic (exact) mass is 354 g/mol. The van der Waals surface area contributed by atoms with Crippen LogP contribution in [-0.2, 0) is 0 Å². The summed E-state index contributed by atoms with van der Waals surface area (Å²) >= 11 is 4.49. The molecule has 1 aromatic heterocycles. The largest absolute Gasteiger partial charge is 0.350 e. The number of halogens is 1. The van der Waals surface area contributed by atoms with Crippen molar-refractivity contribution in [2.75, 3.05) is 5.01 Å². The van der Waals surface area contributed by atoms with Crippen LogP contribution in [0, 0.1) is 6.92 Å². The first-order chi connectivity index (χ1) is 9.49. The summed E-state index contributed by atoms with van der Waals surface area (Å²) in [6, 6.07) is 6.07. The lowest BCUT2D eigenvalue weighted by molar-refractivity contribution is 0.0950. The fourth-order valence-electron chi connectivity index (χ4n) is 1.45. The summed E-state index contributed by atoms with van der Waals surface area (Å²) in [5.74, 6) is -0.455. The van der Waals surface area contributed by atoms with E-state index in [1.807, 2.05) is 0 Å². The van der Waals surface area contributed by atoms with Crippen LogP contribution in [0.5, 0.6) is 0 Å². The number of hydrazine groups is 1. The zero-order chi connectivity index (χ0) is 14.7. The molecule has 0 aliphatic rings. The van der Waals surface area contributed by atoms with E-state index in [9.17, 15) is 9.59 Å². The Kier molecular flexibility index (Phi) is 4.35. The van der Waals surface area contributed by atoms with Gasteiger partial charge in [0.05, 0.1) is 11.3 Å². The Hall–Kier alpha value is -1.93. The number of amides is 3. The number of carbonyl (C=O) groups is 2. The van der Waals surface area contributed by atoms with E-state index in [1.165, 1.54) is 11.3 Å². The first-order valence-electron chi connectivity index (χ1n) is 5.56. The number of urea groups is 1. The van der Waals surface area contributed by atoms with Crippen LogP contribution >= 0.6 is 27.3 Å². The molecule has 8 heteroatoms. The summed E-state index contributed by atoms with van der Waals surface area (Å²) < 4.78 is 0.622. The van der Waals surface area contributed by atoms with E-state index in [2.05, 4.69) is 26.3 Å². The molecule has 0 saturated carbocycles.